The van der Waals surface area contributed by atoms with Crippen molar-refractivity contribution >= 4 is 0 Å². The van der Waals surface area contributed by atoms with Crippen LogP contribution in [-0.2, 0) is 11.8 Å². The van der Waals surface area contributed by atoms with Gasteiger partial charge in [-0.3, -0.25) is 4.98 Å². The third kappa shape index (κ3) is 5.12. The van der Waals surface area contributed by atoms with Crippen LogP contribution in [-0.4, -0.2) is 38.6 Å². The maximum absolute atomic E-state index is 11.2. The molecule has 0 unspecified atom stereocenters. The van der Waals surface area contributed by atoms with Crippen LogP contribution in [0.5, 0.6) is 0 Å². The van der Waals surface area contributed by atoms with E-state index in [0.717, 1.165) is 42.5 Å². The molecule has 5 rings (SSSR count). The molecule has 0 amide bonds. The number of aliphatic hydroxyl groups excluding tert-OH is 3. The van der Waals surface area contributed by atoms with Gasteiger partial charge in [-0.2, -0.15) is 0 Å². The van der Waals surface area contributed by atoms with Crippen LogP contribution in [0.1, 0.15) is 89.8 Å². The second-order valence-electron chi connectivity index (χ2n) is 12.9. The second kappa shape index (κ2) is 10.9. The van der Waals surface area contributed by atoms with Crippen molar-refractivity contribution in [2.75, 3.05) is 0 Å². The summed E-state index contributed by atoms with van der Waals surface area (Å²) >= 11 is 0. The van der Waals surface area contributed by atoms with Crippen LogP contribution in [0.4, 0.5) is 0 Å². The lowest BCUT2D eigenvalue weighted by Gasteiger charge is -2.44. The molecule has 4 heteroatoms. The summed E-state index contributed by atoms with van der Waals surface area (Å²) in [7, 11) is 0. The highest BCUT2D eigenvalue weighted by Gasteiger charge is 2.52. The molecule has 4 aliphatic carbocycles. The van der Waals surface area contributed by atoms with Crippen LogP contribution in [0.15, 0.2) is 65.9 Å². The van der Waals surface area contributed by atoms with Crippen molar-refractivity contribution in [3.05, 3.63) is 77.2 Å². The molecule has 1 aromatic rings. The van der Waals surface area contributed by atoms with Gasteiger partial charge >= 0.3 is 0 Å². The van der Waals surface area contributed by atoms with E-state index in [1.165, 1.54) is 36.8 Å². The van der Waals surface area contributed by atoms with Gasteiger partial charge in [0.15, 0.2) is 0 Å². The monoisotopic (exact) mass is 517 g/mol. The molecule has 0 radical (unpaired) electrons. The molecule has 1 heterocycles. The first kappa shape index (κ1) is 27.6. The Kier molecular flexibility index (Phi) is 7.88. The fourth-order valence-electron chi connectivity index (χ4n) is 7.97. The first-order valence-corrected chi connectivity index (χ1v) is 14.9. The van der Waals surface area contributed by atoms with Crippen molar-refractivity contribution in [3.8, 4) is 0 Å². The summed E-state index contributed by atoms with van der Waals surface area (Å²) in [6.45, 7) is 11.1. The Bertz CT molecular complexity index is 1110. The average molecular weight is 518 g/mol. The Morgan fingerprint density at radius 3 is 2.61 bits per heavy atom. The maximum atomic E-state index is 11.2. The Labute approximate surface area is 229 Å². The first-order valence-electron chi connectivity index (χ1n) is 14.9. The van der Waals surface area contributed by atoms with Crippen molar-refractivity contribution in [1.82, 2.24) is 4.98 Å². The van der Waals surface area contributed by atoms with E-state index in [1.54, 1.807) is 0 Å². The summed E-state index contributed by atoms with van der Waals surface area (Å²) in [5.41, 5.74) is 5.59. The molecule has 0 aromatic carbocycles. The van der Waals surface area contributed by atoms with E-state index in [2.05, 4.69) is 63.8 Å². The van der Waals surface area contributed by atoms with Gasteiger partial charge in [-0.1, -0.05) is 63.3 Å². The fourth-order valence-corrected chi connectivity index (χ4v) is 7.97. The van der Waals surface area contributed by atoms with Crippen molar-refractivity contribution < 1.29 is 15.3 Å². The molecule has 0 spiro atoms. The van der Waals surface area contributed by atoms with Gasteiger partial charge in [0.1, 0.15) is 0 Å². The molecular weight excluding hydrogens is 470 g/mol. The summed E-state index contributed by atoms with van der Waals surface area (Å²) in [6, 6.07) is 4.27. The van der Waals surface area contributed by atoms with E-state index in [0.29, 0.717) is 30.6 Å². The summed E-state index contributed by atoms with van der Waals surface area (Å²) in [4.78, 5) is 4.71. The molecule has 0 bridgehead atoms. The van der Waals surface area contributed by atoms with Crippen LogP contribution in [0, 0.1) is 23.2 Å². The SMILES string of the molecule is C=C1/C(=C\C=C2/CCC[C@]3(C)[C@@H]([C@H](C)/C=C/[C@@H](O)C4(c5ccc(CC)cn5)CC4)CC[C@@H]23)C[C@@H](O)C[C@@H]1O. The third-order valence-corrected chi connectivity index (χ3v) is 10.6. The van der Waals surface area contributed by atoms with Crippen molar-refractivity contribution in [2.45, 2.75) is 109 Å². The quantitative estimate of drug-likeness (QED) is 0.368. The number of aryl methyl sites for hydroxylation is 1. The van der Waals surface area contributed by atoms with Gasteiger partial charge in [-0.25, -0.2) is 0 Å². The van der Waals surface area contributed by atoms with Crippen molar-refractivity contribution in [3.63, 3.8) is 0 Å². The molecule has 0 saturated heterocycles. The summed E-state index contributed by atoms with van der Waals surface area (Å²) < 4.78 is 0. The molecule has 4 fully saturated rings. The fraction of sp³-hybridized carbons (Fsp3) is 0.618. The van der Waals surface area contributed by atoms with E-state index in [-0.39, 0.29) is 10.8 Å². The van der Waals surface area contributed by atoms with E-state index >= 15 is 0 Å². The van der Waals surface area contributed by atoms with Gasteiger partial charge in [0.25, 0.3) is 0 Å². The zero-order valence-electron chi connectivity index (χ0n) is 23.6. The minimum Gasteiger partial charge on any atom is -0.393 e. The molecule has 4 saturated carbocycles. The standard InChI is InChI=1S/C34H47NO3/c1-5-24-9-14-31(35-21-24)34(17-18-34)32(38)15-8-22(2)28-12-13-29-25(7-6-16-33(28,29)4)10-11-26-19-27(36)20-30(37)23(26)3/h8-11,14-15,21-22,27-30,32,36-38H,3,5-7,12-13,16-20H2,1-2,4H3/b15-8+,25-10+,26-11-/t22-,27-,28-,29+,30+,32-,33-/m1/s1. The number of aliphatic hydroxyl groups is 3. The smallest absolute Gasteiger partial charge is 0.0832 e. The van der Waals surface area contributed by atoms with Crippen LogP contribution in [0.25, 0.3) is 0 Å². The van der Waals surface area contributed by atoms with Gasteiger partial charge in [-0.15, -0.1) is 0 Å². The molecule has 38 heavy (non-hydrogen) atoms. The molecule has 4 aliphatic rings. The van der Waals surface area contributed by atoms with E-state index in [1.807, 2.05) is 6.20 Å². The molecule has 7 atom stereocenters. The molecule has 3 N–H and O–H groups in total. The number of rotatable bonds is 7. The van der Waals surface area contributed by atoms with Crippen LogP contribution < -0.4 is 0 Å². The van der Waals surface area contributed by atoms with Gasteiger partial charge in [0.05, 0.1) is 18.3 Å². The summed E-state index contributed by atoms with van der Waals surface area (Å²) in [5, 5.41) is 31.6. The number of pyridine rings is 1. The zero-order valence-corrected chi connectivity index (χ0v) is 23.6. The van der Waals surface area contributed by atoms with Gasteiger partial charge in [-0.05, 0) is 104 Å². The van der Waals surface area contributed by atoms with E-state index < -0.39 is 18.3 Å². The zero-order chi connectivity index (χ0) is 27.1. The predicted molar refractivity (Wildman–Crippen MR) is 154 cm³/mol. The average Bonchev–Trinajstić information content (AvgIpc) is 3.64. The Hall–Kier alpha value is -2.01. The molecular formula is C34H47NO3. The minimum atomic E-state index is -0.639. The normalized spacial score (nSPS) is 36.5. The number of nitrogens with zero attached hydrogens (tertiary/aromatic N) is 1. The number of fused-ring (bicyclic) bond motifs is 1. The predicted octanol–water partition coefficient (Wildman–Crippen LogP) is 6.37. The minimum absolute atomic E-state index is 0.205. The number of allylic oxidation sites excluding steroid dienone is 4. The Balaban J connectivity index is 1.28. The lowest BCUT2D eigenvalue weighted by molar-refractivity contribution is 0.0862. The molecule has 0 aliphatic heterocycles. The molecule has 1 aromatic heterocycles. The van der Waals surface area contributed by atoms with Gasteiger partial charge in [0.2, 0.25) is 0 Å². The molecule has 4 nitrogen and oxygen atoms in total. The lowest BCUT2D eigenvalue weighted by atomic mass is 9.61. The van der Waals surface area contributed by atoms with Gasteiger partial charge < -0.3 is 15.3 Å². The summed E-state index contributed by atoms with van der Waals surface area (Å²) in [5.74, 6) is 1.58. The number of aromatic nitrogens is 1. The van der Waals surface area contributed by atoms with Crippen molar-refractivity contribution in [2.24, 2.45) is 23.2 Å². The second-order valence-corrected chi connectivity index (χ2v) is 12.9. The lowest BCUT2D eigenvalue weighted by Crippen LogP contribution is -2.35. The Morgan fingerprint density at radius 2 is 1.92 bits per heavy atom. The van der Waals surface area contributed by atoms with Crippen LogP contribution in [0.3, 0.4) is 0 Å². The highest BCUT2D eigenvalue weighted by Crippen LogP contribution is 2.59. The number of hydrogen-bond donors (Lipinski definition) is 3. The van der Waals surface area contributed by atoms with Crippen molar-refractivity contribution in [1.29, 1.82) is 0 Å². The van der Waals surface area contributed by atoms with E-state index in [9.17, 15) is 15.3 Å². The maximum Gasteiger partial charge on any atom is 0.0832 e. The Morgan fingerprint density at radius 1 is 1.13 bits per heavy atom. The van der Waals surface area contributed by atoms with Gasteiger partial charge in [0, 0.05) is 23.7 Å². The van der Waals surface area contributed by atoms with Crippen LogP contribution >= 0.6 is 0 Å². The molecule has 206 valence electrons. The van der Waals surface area contributed by atoms with Crippen LogP contribution in [0.2, 0.25) is 0 Å². The largest absolute Gasteiger partial charge is 0.393 e. The summed E-state index contributed by atoms with van der Waals surface area (Å²) in [6.07, 6.45) is 19.1. The number of hydrogen-bond acceptors (Lipinski definition) is 4. The highest BCUT2D eigenvalue weighted by atomic mass is 16.3. The first-order chi connectivity index (χ1) is 18.2. The highest BCUT2D eigenvalue weighted by molar-refractivity contribution is 5.39. The topological polar surface area (TPSA) is 73.6 Å². The van der Waals surface area contributed by atoms with E-state index in [4.69, 9.17) is 4.98 Å². The third-order valence-electron chi connectivity index (χ3n) is 10.6.